The lowest BCUT2D eigenvalue weighted by atomic mass is 9.96. The van der Waals surface area contributed by atoms with Crippen LogP contribution in [0.1, 0.15) is 40.2 Å². The zero-order chi connectivity index (χ0) is 13.1. The highest BCUT2D eigenvalue weighted by atomic mass is 16.4. The van der Waals surface area contributed by atoms with E-state index < -0.39 is 5.97 Å². The van der Waals surface area contributed by atoms with Crippen molar-refractivity contribution >= 4 is 5.97 Å². The first-order valence-electron chi connectivity index (χ1n) is 5.40. The van der Waals surface area contributed by atoms with Gasteiger partial charge in [-0.3, -0.25) is 5.10 Å². The minimum absolute atomic E-state index is 0.00622. The molecular formula is C13H11N3O2. The van der Waals surface area contributed by atoms with Gasteiger partial charge in [-0.05, 0) is 23.8 Å². The number of carboxylic acid groups (broad SMARTS) is 1. The Kier molecular flexibility index (Phi) is 3.11. The summed E-state index contributed by atoms with van der Waals surface area (Å²) in [5.41, 5.74) is 2.22. The van der Waals surface area contributed by atoms with Crippen LogP contribution in [-0.4, -0.2) is 21.3 Å². The Balaban J connectivity index is 2.32. The van der Waals surface area contributed by atoms with Gasteiger partial charge in [0.1, 0.15) is 0 Å². The fourth-order valence-electron chi connectivity index (χ4n) is 1.73. The molecule has 18 heavy (non-hydrogen) atoms. The van der Waals surface area contributed by atoms with Crippen LogP contribution in [0.25, 0.3) is 0 Å². The Labute approximate surface area is 104 Å². The molecule has 90 valence electrons. The highest BCUT2D eigenvalue weighted by Crippen LogP contribution is 2.23. The van der Waals surface area contributed by atoms with Gasteiger partial charge in [0.15, 0.2) is 5.69 Å². The molecule has 2 rings (SSSR count). The molecule has 1 unspecified atom stereocenters. The summed E-state index contributed by atoms with van der Waals surface area (Å²) < 4.78 is 0. The number of nitriles is 1. The third-order valence-corrected chi connectivity index (χ3v) is 2.80. The zero-order valence-corrected chi connectivity index (χ0v) is 9.71. The van der Waals surface area contributed by atoms with Crippen LogP contribution in [0, 0.1) is 11.3 Å². The quantitative estimate of drug-likeness (QED) is 0.861. The van der Waals surface area contributed by atoms with E-state index in [4.69, 9.17) is 10.4 Å². The second kappa shape index (κ2) is 4.72. The number of hydrogen-bond acceptors (Lipinski definition) is 3. The maximum atomic E-state index is 10.7. The van der Waals surface area contributed by atoms with Gasteiger partial charge in [0, 0.05) is 11.6 Å². The molecular weight excluding hydrogens is 230 g/mol. The van der Waals surface area contributed by atoms with Crippen LogP contribution < -0.4 is 0 Å². The normalized spacial score (nSPS) is 11.8. The summed E-state index contributed by atoms with van der Waals surface area (Å²) in [5.74, 6) is -1.10. The van der Waals surface area contributed by atoms with Crippen LogP contribution >= 0.6 is 0 Å². The Bertz CT molecular complexity index is 625. The number of nitrogens with one attached hydrogen (secondary N) is 1. The second-order valence-corrected chi connectivity index (χ2v) is 3.97. The van der Waals surface area contributed by atoms with Crippen molar-refractivity contribution in [2.75, 3.05) is 0 Å². The lowest BCUT2D eigenvalue weighted by Gasteiger charge is -2.09. The van der Waals surface area contributed by atoms with Crippen LogP contribution in [0.3, 0.4) is 0 Å². The van der Waals surface area contributed by atoms with Crippen molar-refractivity contribution in [1.82, 2.24) is 10.2 Å². The topological polar surface area (TPSA) is 89.8 Å². The molecule has 2 aromatic rings. The fraction of sp³-hybridized carbons (Fsp3) is 0.154. The highest BCUT2D eigenvalue weighted by Gasteiger charge is 2.14. The van der Waals surface area contributed by atoms with E-state index in [0.29, 0.717) is 11.3 Å². The van der Waals surface area contributed by atoms with Crippen LogP contribution in [0.4, 0.5) is 0 Å². The Morgan fingerprint density at radius 3 is 2.89 bits per heavy atom. The summed E-state index contributed by atoms with van der Waals surface area (Å²) in [7, 11) is 0. The lowest BCUT2D eigenvalue weighted by molar-refractivity contribution is 0.0690. The van der Waals surface area contributed by atoms with Crippen molar-refractivity contribution in [3.8, 4) is 6.07 Å². The van der Waals surface area contributed by atoms with Crippen molar-refractivity contribution in [3.05, 3.63) is 52.8 Å². The van der Waals surface area contributed by atoms with Gasteiger partial charge in [-0.15, -0.1) is 0 Å². The molecule has 5 nitrogen and oxygen atoms in total. The van der Waals surface area contributed by atoms with Crippen LogP contribution in [0.2, 0.25) is 0 Å². The largest absolute Gasteiger partial charge is 0.476 e. The monoisotopic (exact) mass is 241 g/mol. The first-order valence-corrected chi connectivity index (χ1v) is 5.40. The predicted octanol–water partition coefficient (Wildman–Crippen LogP) is 2.13. The Morgan fingerprint density at radius 1 is 1.50 bits per heavy atom. The van der Waals surface area contributed by atoms with E-state index >= 15 is 0 Å². The number of carbonyl (C=O) groups is 1. The molecule has 0 fully saturated rings. The van der Waals surface area contributed by atoms with Gasteiger partial charge < -0.3 is 5.11 Å². The third-order valence-electron chi connectivity index (χ3n) is 2.80. The molecule has 2 N–H and O–H groups in total. The van der Waals surface area contributed by atoms with Gasteiger partial charge in [-0.2, -0.15) is 10.4 Å². The molecule has 0 aliphatic rings. The van der Waals surface area contributed by atoms with Crippen LogP contribution in [0.5, 0.6) is 0 Å². The van der Waals surface area contributed by atoms with Crippen molar-refractivity contribution < 1.29 is 9.90 Å². The minimum atomic E-state index is -1.06. The van der Waals surface area contributed by atoms with E-state index in [2.05, 4.69) is 16.3 Å². The molecule has 0 radical (unpaired) electrons. The molecule has 1 aromatic heterocycles. The zero-order valence-electron chi connectivity index (χ0n) is 9.71. The van der Waals surface area contributed by atoms with Gasteiger partial charge in [-0.25, -0.2) is 4.79 Å². The maximum Gasteiger partial charge on any atom is 0.356 e. The fourth-order valence-corrected chi connectivity index (χ4v) is 1.73. The highest BCUT2D eigenvalue weighted by molar-refractivity contribution is 5.85. The number of hydrogen-bond donors (Lipinski definition) is 2. The van der Waals surface area contributed by atoms with Gasteiger partial charge in [0.25, 0.3) is 0 Å². The van der Waals surface area contributed by atoms with E-state index in [1.165, 1.54) is 6.07 Å². The van der Waals surface area contributed by atoms with Crippen molar-refractivity contribution in [2.24, 2.45) is 0 Å². The average molecular weight is 241 g/mol. The molecule has 1 atom stereocenters. The number of carboxylic acids is 1. The van der Waals surface area contributed by atoms with Crippen molar-refractivity contribution in [1.29, 1.82) is 5.26 Å². The predicted molar refractivity (Wildman–Crippen MR) is 64.2 cm³/mol. The smallest absolute Gasteiger partial charge is 0.356 e. The molecule has 0 saturated heterocycles. The lowest BCUT2D eigenvalue weighted by Crippen LogP contribution is -1.97. The molecule has 1 aromatic carbocycles. The number of rotatable bonds is 3. The number of nitrogens with zero attached hydrogens (tertiary/aromatic N) is 2. The van der Waals surface area contributed by atoms with Crippen LogP contribution in [0.15, 0.2) is 30.3 Å². The molecule has 0 amide bonds. The van der Waals surface area contributed by atoms with Gasteiger partial charge in [0.2, 0.25) is 0 Å². The van der Waals surface area contributed by atoms with Crippen molar-refractivity contribution in [3.63, 3.8) is 0 Å². The molecule has 5 heteroatoms. The van der Waals surface area contributed by atoms with Crippen LogP contribution in [-0.2, 0) is 0 Å². The molecule has 1 heterocycles. The summed E-state index contributed by atoms with van der Waals surface area (Å²) in [6.45, 7) is 1.93. The summed E-state index contributed by atoms with van der Waals surface area (Å²) in [6, 6.07) is 10.8. The third kappa shape index (κ3) is 2.23. The molecule has 0 aliphatic heterocycles. The van der Waals surface area contributed by atoms with E-state index in [9.17, 15) is 4.79 Å². The van der Waals surface area contributed by atoms with Gasteiger partial charge in [0.05, 0.1) is 11.6 Å². The first kappa shape index (κ1) is 11.9. The number of aromatic amines is 1. The van der Waals surface area contributed by atoms with Gasteiger partial charge in [-0.1, -0.05) is 19.1 Å². The second-order valence-electron chi connectivity index (χ2n) is 3.97. The first-order chi connectivity index (χ1) is 8.61. The molecule has 0 bridgehead atoms. The summed E-state index contributed by atoms with van der Waals surface area (Å²) in [5, 5.41) is 24.1. The average Bonchev–Trinajstić information content (AvgIpc) is 2.87. The molecule has 0 spiro atoms. The van der Waals surface area contributed by atoms with Gasteiger partial charge >= 0.3 is 5.97 Å². The van der Waals surface area contributed by atoms with E-state index in [-0.39, 0.29) is 11.6 Å². The molecule has 0 aliphatic carbocycles. The standard InChI is InChI=1S/C13H11N3O2/c1-8(10-4-2-3-9(5-10)7-14)11-6-12(13(17)18)16-15-11/h2-6,8H,1H3,(H,15,16)(H,17,18). The number of H-pyrrole nitrogens is 1. The minimum Gasteiger partial charge on any atom is -0.476 e. The number of benzene rings is 1. The van der Waals surface area contributed by atoms with E-state index in [1.807, 2.05) is 13.0 Å². The number of aromatic nitrogens is 2. The summed E-state index contributed by atoms with van der Waals surface area (Å²) in [6.07, 6.45) is 0. The van der Waals surface area contributed by atoms with E-state index in [1.54, 1.807) is 18.2 Å². The Hall–Kier alpha value is -2.61. The van der Waals surface area contributed by atoms with Crippen molar-refractivity contribution in [2.45, 2.75) is 12.8 Å². The Morgan fingerprint density at radius 2 is 2.28 bits per heavy atom. The summed E-state index contributed by atoms with van der Waals surface area (Å²) >= 11 is 0. The van der Waals surface area contributed by atoms with E-state index in [0.717, 1.165) is 5.56 Å². The summed E-state index contributed by atoms with van der Waals surface area (Å²) in [4.78, 5) is 10.7. The number of aromatic carboxylic acids is 1. The SMILES string of the molecule is CC(c1cccc(C#N)c1)c1cc(C(=O)O)n[nH]1. The molecule has 0 saturated carbocycles. The maximum absolute atomic E-state index is 10.7.